The van der Waals surface area contributed by atoms with Gasteiger partial charge in [-0.25, -0.2) is 0 Å². The summed E-state index contributed by atoms with van der Waals surface area (Å²) < 4.78 is 1.05. The van der Waals surface area contributed by atoms with E-state index in [9.17, 15) is 9.59 Å². The molecule has 1 fully saturated rings. The average molecular weight is 345 g/mol. The molecule has 0 radical (unpaired) electrons. The molecule has 0 bridgehead atoms. The summed E-state index contributed by atoms with van der Waals surface area (Å²) in [5.74, 6) is 0.0828. The molecule has 1 saturated heterocycles. The highest BCUT2D eigenvalue weighted by Gasteiger charge is 2.31. The number of nitrogens with one attached hydrogen (secondary N) is 1. The Morgan fingerprint density at radius 2 is 2.21 bits per heavy atom. The van der Waals surface area contributed by atoms with E-state index >= 15 is 0 Å². The zero-order valence-electron chi connectivity index (χ0n) is 11.0. The van der Waals surface area contributed by atoms with E-state index in [1.807, 2.05) is 26.0 Å². The Kier molecular flexibility index (Phi) is 4.62. The maximum absolute atomic E-state index is 12.4. The molecular formula is C13H17BrN2O2S. The van der Waals surface area contributed by atoms with Gasteiger partial charge in [-0.1, -0.05) is 13.8 Å². The van der Waals surface area contributed by atoms with E-state index in [0.29, 0.717) is 19.5 Å². The van der Waals surface area contributed by atoms with Crippen LogP contribution in [-0.4, -0.2) is 29.3 Å². The van der Waals surface area contributed by atoms with Crippen LogP contribution in [0.1, 0.15) is 25.1 Å². The highest BCUT2D eigenvalue weighted by molar-refractivity contribution is 9.11. The van der Waals surface area contributed by atoms with E-state index in [1.54, 1.807) is 16.2 Å². The summed E-state index contributed by atoms with van der Waals surface area (Å²) in [7, 11) is 0. The molecule has 0 spiro atoms. The first kappa shape index (κ1) is 14.5. The molecule has 1 aliphatic heterocycles. The molecule has 1 aromatic heterocycles. The van der Waals surface area contributed by atoms with Crippen molar-refractivity contribution in [3.05, 3.63) is 20.8 Å². The van der Waals surface area contributed by atoms with E-state index < -0.39 is 6.04 Å². The molecule has 0 saturated carbocycles. The minimum absolute atomic E-state index is 0.0189. The molecule has 2 amide bonds. The van der Waals surface area contributed by atoms with E-state index in [2.05, 4.69) is 21.2 Å². The van der Waals surface area contributed by atoms with Crippen molar-refractivity contribution in [2.24, 2.45) is 5.92 Å². The van der Waals surface area contributed by atoms with E-state index in [0.717, 1.165) is 8.66 Å². The van der Waals surface area contributed by atoms with Gasteiger partial charge in [0.25, 0.3) is 0 Å². The lowest BCUT2D eigenvalue weighted by Gasteiger charge is -2.25. The third-order valence-corrected chi connectivity index (χ3v) is 4.75. The molecule has 1 atom stereocenters. The van der Waals surface area contributed by atoms with Crippen LogP contribution in [-0.2, 0) is 16.1 Å². The first-order valence-electron chi connectivity index (χ1n) is 6.29. The third-order valence-electron chi connectivity index (χ3n) is 3.15. The largest absolute Gasteiger partial charge is 0.344 e. The minimum atomic E-state index is -0.404. The summed E-state index contributed by atoms with van der Waals surface area (Å²) in [6.07, 6.45) is 0.376. The highest BCUT2D eigenvalue weighted by Crippen LogP contribution is 2.24. The van der Waals surface area contributed by atoms with Crippen molar-refractivity contribution in [2.75, 3.05) is 6.54 Å². The molecule has 0 aliphatic carbocycles. The molecule has 6 heteroatoms. The third kappa shape index (κ3) is 3.57. The average Bonchev–Trinajstić information content (AvgIpc) is 2.69. The van der Waals surface area contributed by atoms with Crippen molar-refractivity contribution in [3.8, 4) is 0 Å². The van der Waals surface area contributed by atoms with Crippen LogP contribution in [0.25, 0.3) is 0 Å². The predicted molar refractivity (Wildman–Crippen MR) is 78.8 cm³/mol. The number of halogens is 1. The van der Waals surface area contributed by atoms with Crippen LogP contribution in [0.2, 0.25) is 0 Å². The standard InChI is InChI=1S/C13H17BrN2O2S/c1-8(2)12-13(18)16(6-5-11(17)15-12)7-9-3-4-10(14)19-9/h3-4,8,12H,5-7H2,1-2H3,(H,15,17). The van der Waals surface area contributed by atoms with Crippen LogP contribution in [0.4, 0.5) is 0 Å². The van der Waals surface area contributed by atoms with Crippen molar-refractivity contribution in [3.63, 3.8) is 0 Å². The molecule has 2 rings (SSSR count). The van der Waals surface area contributed by atoms with E-state index in [1.165, 1.54) is 0 Å². The highest BCUT2D eigenvalue weighted by atomic mass is 79.9. The minimum Gasteiger partial charge on any atom is -0.344 e. The number of amides is 2. The van der Waals surface area contributed by atoms with Gasteiger partial charge in [0, 0.05) is 17.8 Å². The fourth-order valence-corrected chi connectivity index (χ4v) is 3.58. The van der Waals surface area contributed by atoms with Crippen LogP contribution in [0.3, 0.4) is 0 Å². The van der Waals surface area contributed by atoms with Crippen molar-refractivity contribution >= 4 is 39.1 Å². The number of carbonyl (C=O) groups excluding carboxylic acids is 2. The maximum Gasteiger partial charge on any atom is 0.245 e. The lowest BCUT2D eigenvalue weighted by molar-refractivity contribution is -0.135. The van der Waals surface area contributed by atoms with Gasteiger partial charge in [0.15, 0.2) is 0 Å². The van der Waals surface area contributed by atoms with Gasteiger partial charge in [-0.15, -0.1) is 11.3 Å². The van der Waals surface area contributed by atoms with E-state index in [4.69, 9.17) is 0 Å². The van der Waals surface area contributed by atoms with Gasteiger partial charge in [0.1, 0.15) is 6.04 Å². The van der Waals surface area contributed by atoms with Crippen molar-refractivity contribution in [1.29, 1.82) is 0 Å². The Bertz CT molecular complexity index is 487. The first-order valence-corrected chi connectivity index (χ1v) is 7.90. The summed E-state index contributed by atoms with van der Waals surface area (Å²) in [5.41, 5.74) is 0. The number of nitrogens with zero attached hydrogens (tertiary/aromatic N) is 1. The summed E-state index contributed by atoms with van der Waals surface area (Å²) >= 11 is 5.04. The number of rotatable bonds is 3. The van der Waals surface area contributed by atoms with Gasteiger partial charge in [-0.2, -0.15) is 0 Å². The number of hydrogen-bond acceptors (Lipinski definition) is 3. The van der Waals surface area contributed by atoms with Gasteiger partial charge < -0.3 is 10.2 Å². The summed E-state index contributed by atoms with van der Waals surface area (Å²) in [6, 6.07) is 3.58. The Morgan fingerprint density at radius 3 is 2.79 bits per heavy atom. The SMILES string of the molecule is CC(C)C1NC(=O)CCN(Cc2ccc(Br)s2)C1=O. The lowest BCUT2D eigenvalue weighted by atomic mass is 10.0. The van der Waals surface area contributed by atoms with E-state index in [-0.39, 0.29) is 17.7 Å². The van der Waals surface area contributed by atoms with Crippen LogP contribution >= 0.6 is 27.3 Å². The summed E-state index contributed by atoms with van der Waals surface area (Å²) in [4.78, 5) is 27.0. The molecule has 4 nitrogen and oxygen atoms in total. The second kappa shape index (κ2) is 6.05. The zero-order chi connectivity index (χ0) is 14.0. The van der Waals surface area contributed by atoms with Gasteiger partial charge in [0.2, 0.25) is 11.8 Å². The van der Waals surface area contributed by atoms with Gasteiger partial charge in [-0.05, 0) is 34.0 Å². The van der Waals surface area contributed by atoms with Gasteiger partial charge in [0.05, 0.1) is 10.3 Å². The fraction of sp³-hybridized carbons (Fsp3) is 0.538. The number of carbonyl (C=O) groups is 2. The molecule has 0 aromatic carbocycles. The number of hydrogen-bond donors (Lipinski definition) is 1. The zero-order valence-corrected chi connectivity index (χ0v) is 13.4. The smallest absolute Gasteiger partial charge is 0.245 e. The quantitative estimate of drug-likeness (QED) is 0.915. The maximum atomic E-state index is 12.4. The second-order valence-electron chi connectivity index (χ2n) is 5.00. The lowest BCUT2D eigenvalue weighted by Crippen LogP contribution is -2.47. The normalized spacial score (nSPS) is 20.6. The van der Waals surface area contributed by atoms with Gasteiger partial charge in [-0.3, -0.25) is 9.59 Å². The van der Waals surface area contributed by atoms with Crippen LogP contribution < -0.4 is 5.32 Å². The Balaban J connectivity index is 2.14. The Labute approximate surface area is 125 Å². The Morgan fingerprint density at radius 1 is 1.47 bits per heavy atom. The van der Waals surface area contributed by atoms with Crippen LogP contribution in [0.5, 0.6) is 0 Å². The molecule has 1 aromatic rings. The van der Waals surface area contributed by atoms with Crippen molar-refractivity contribution < 1.29 is 9.59 Å². The predicted octanol–water partition coefficient (Wildman–Crippen LogP) is 2.38. The molecule has 19 heavy (non-hydrogen) atoms. The fourth-order valence-electron chi connectivity index (χ4n) is 2.08. The van der Waals surface area contributed by atoms with Crippen molar-refractivity contribution in [1.82, 2.24) is 10.2 Å². The topological polar surface area (TPSA) is 49.4 Å². The van der Waals surface area contributed by atoms with Crippen molar-refractivity contribution in [2.45, 2.75) is 32.9 Å². The number of thiophene rings is 1. The second-order valence-corrected chi connectivity index (χ2v) is 7.55. The van der Waals surface area contributed by atoms with Crippen LogP contribution in [0.15, 0.2) is 15.9 Å². The summed E-state index contributed by atoms with van der Waals surface area (Å²) in [6.45, 7) is 4.97. The van der Waals surface area contributed by atoms with Crippen LogP contribution in [0, 0.1) is 5.92 Å². The molecule has 104 valence electrons. The monoisotopic (exact) mass is 344 g/mol. The Hall–Kier alpha value is -0.880. The first-order chi connectivity index (χ1) is 8.97. The molecule has 1 unspecified atom stereocenters. The summed E-state index contributed by atoms with van der Waals surface area (Å²) in [5, 5.41) is 2.81. The van der Waals surface area contributed by atoms with Gasteiger partial charge >= 0.3 is 0 Å². The molecule has 1 aliphatic rings. The molecular weight excluding hydrogens is 328 g/mol. The molecule has 2 heterocycles. The molecule has 1 N–H and O–H groups in total.